The zero-order chi connectivity index (χ0) is 18.5. The van der Waals surface area contributed by atoms with Crippen molar-refractivity contribution in [2.45, 2.75) is 32.4 Å². The first-order valence-corrected chi connectivity index (χ1v) is 10.2. The van der Waals surface area contributed by atoms with Crippen LogP contribution in [0.3, 0.4) is 0 Å². The second kappa shape index (κ2) is 11.7. The van der Waals surface area contributed by atoms with Crippen LogP contribution < -0.4 is 14.8 Å². The number of nitrogens with zero attached hydrogens (tertiary/aromatic N) is 1. The van der Waals surface area contributed by atoms with E-state index in [0.29, 0.717) is 19.3 Å². The molecule has 2 fully saturated rings. The van der Waals surface area contributed by atoms with Gasteiger partial charge in [0.1, 0.15) is 6.61 Å². The largest absolute Gasteiger partial charge is 0.490 e. The van der Waals surface area contributed by atoms with E-state index in [1.165, 1.54) is 24.0 Å². The van der Waals surface area contributed by atoms with Crippen LogP contribution in [0, 0.1) is 5.92 Å². The third-order valence-electron chi connectivity index (χ3n) is 5.46. The Kier molecular flexibility index (Phi) is 9.57. The second-order valence-corrected chi connectivity index (χ2v) is 7.48. The summed E-state index contributed by atoms with van der Waals surface area (Å²) < 4.78 is 12.0. The Morgan fingerprint density at radius 1 is 0.966 bits per heavy atom. The molecule has 0 radical (unpaired) electrons. The molecule has 4 rings (SSSR count). The maximum atomic E-state index is 6.08. The molecule has 1 aliphatic carbocycles. The lowest BCUT2D eigenvalue weighted by molar-refractivity contribution is 0.155. The minimum absolute atomic E-state index is 0. The Bertz CT molecular complexity index is 735. The molecule has 6 heteroatoms. The minimum Gasteiger partial charge on any atom is -0.490 e. The summed E-state index contributed by atoms with van der Waals surface area (Å²) >= 11 is 0. The molecule has 1 aliphatic heterocycles. The van der Waals surface area contributed by atoms with Gasteiger partial charge in [-0.15, -0.1) is 24.8 Å². The first kappa shape index (κ1) is 23.8. The average Bonchev–Trinajstić information content (AvgIpc) is 3.54. The minimum atomic E-state index is 0. The molecule has 0 spiro atoms. The van der Waals surface area contributed by atoms with Crippen LogP contribution in [0.2, 0.25) is 0 Å². The van der Waals surface area contributed by atoms with Crippen molar-refractivity contribution >= 4 is 24.8 Å². The number of hydrogen-bond acceptors (Lipinski definition) is 4. The maximum Gasteiger partial charge on any atom is 0.161 e. The van der Waals surface area contributed by atoms with Gasteiger partial charge in [0.15, 0.2) is 11.5 Å². The van der Waals surface area contributed by atoms with Crippen molar-refractivity contribution in [1.82, 2.24) is 10.2 Å². The number of hydrogen-bond donors (Lipinski definition) is 1. The van der Waals surface area contributed by atoms with Gasteiger partial charge in [0.2, 0.25) is 0 Å². The average molecular weight is 439 g/mol. The number of ether oxygens (including phenoxy) is 2. The van der Waals surface area contributed by atoms with Crippen molar-refractivity contribution in [3.63, 3.8) is 0 Å². The van der Waals surface area contributed by atoms with E-state index < -0.39 is 0 Å². The number of halogens is 2. The van der Waals surface area contributed by atoms with Crippen molar-refractivity contribution in [1.29, 1.82) is 0 Å². The van der Waals surface area contributed by atoms with Gasteiger partial charge in [0, 0.05) is 32.2 Å². The summed E-state index contributed by atoms with van der Waals surface area (Å²) in [5.74, 6) is 2.49. The van der Waals surface area contributed by atoms with E-state index >= 15 is 0 Å². The van der Waals surface area contributed by atoms with Crippen LogP contribution in [-0.2, 0) is 6.61 Å². The molecule has 1 atom stereocenters. The first-order valence-electron chi connectivity index (χ1n) is 10.2. The van der Waals surface area contributed by atoms with E-state index in [0.717, 1.165) is 43.6 Å². The van der Waals surface area contributed by atoms with Gasteiger partial charge in [-0.05, 0) is 48.9 Å². The van der Waals surface area contributed by atoms with Crippen LogP contribution >= 0.6 is 24.8 Å². The molecule has 0 bridgehead atoms. The standard InChI is InChI=1S/C23H30N2O2.2ClH/c1-2-26-22-16-20(23(19-8-9-19)25-14-12-24-13-15-25)10-11-21(22)27-17-18-6-4-3-5-7-18;;/h3-7,10-11,16,19,23-24H,2,8-9,12-15,17H2,1H3;2*1H/t23-;;/m0../s1. The van der Waals surface area contributed by atoms with Gasteiger partial charge in [0.05, 0.1) is 6.61 Å². The van der Waals surface area contributed by atoms with Crippen molar-refractivity contribution in [2.75, 3.05) is 32.8 Å². The summed E-state index contributed by atoms with van der Waals surface area (Å²) in [7, 11) is 0. The summed E-state index contributed by atoms with van der Waals surface area (Å²) in [6.07, 6.45) is 2.68. The quantitative estimate of drug-likeness (QED) is 0.637. The smallest absolute Gasteiger partial charge is 0.161 e. The molecule has 2 aromatic carbocycles. The van der Waals surface area contributed by atoms with Crippen LogP contribution in [0.15, 0.2) is 48.5 Å². The fraction of sp³-hybridized carbons (Fsp3) is 0.478. The highest BCUT2D eigenvalue weighted by Crippen LogP contribution is 2.46. The molecule has 2 aliphatic rings. The molecule has 0 unspecified atom stereocenters. The van der Waals surface area contributed by atoms with Crippen molar-refractivity contribution in [3.05, 3.63) is 59.7 Å². The molecule has 2 aromatic rings. The normalized spacial score (nSPS) is 17.6. The van der Waals surface area contributed by atoms with Crippen LogP contribution in [0.25, 0.3) is 0 Å². The molecular formula is C23H32Cl2N2O2. The number of nitrogens with one attached hydrogen (secondary N) is 1. The Balaban J connectivity index is 0.00000150. The lowest BCUT2D eigenvalue weighted by atomic mass is 9.99. The van der Waals surface area contributed by atoms with Gasteiger partial charge in [-0.1, -0.05) is 36.4 Å². The Morgan fingerprint density at radius 3 is 2.34 bits per heavy atom. The molecule has 1 saturated heterocycles. The molecule has 1 saturated carbocycles. The van der Waals surface area contributed by atoms with E-state index in [-0.39, 0.29) is 24.8 Å². The molecule has 0 amide bonds. The van der Waals surface area contributed by atoms with Gasteiger partial charge < -0.3 is 14.8 Å². The summed E-state index contributed by atoms with van der Waals surface area (Å²) in [5, 5.41) is 3.47. The van der Waals surface area contributed by atoms with Gasteiger partial charge >= 0.3 is 0 Å². The summed E-state index contributed by atoms with van der Waals surface area (Å²) in [6, 6.07) is 17.3. The Hall–Kier alpha value is -1.46. The molecule has 29 heavy (non-hydrogen) atoms. The molecule has 160 valence electrons. The maximum absolute atomic E-state index is 6.08. The summed E-state index contributed by atoms with van der Waals surface area (Å²) in [6.45, 7) is 7.65. The van der Waals surface area contributed by atoms with Gasteiger partial charge in [-0.2, -0.15) is 0 Å². The fourth-order valence-corrected chi connectivity index (χ4v) is 3.98. The summed E-state index contributed by atoms with van der Waals surface area (Å²) in [4.78, 5) is 2.64. The van der Waals surface area contributed by atoms with Gasteiger partial charge in [-0.3, -0.25) is 4.90 Å². The Labute approximate surface area is 186 Å². The topological polar surface area (TPSA) is 33.7 Å². The first-order chi connectivity index (χ1) is 13.3. The molecule has 0 aromatic heterocycles. The molecule has 4 nitrogen and oxygen atoms in total. The summed E-state index contributed by atoms with van der Waals surface area (Å²) in [5.41, 5.74) is 2.54. The highest BCUT2D eigenvalue weighted by atomic mass is 35.5. The van der Waals surface area contributed by atoms with Gasteiger partial charge in [0.25, 0.3) is 0 Å². The van der Waals surface area contributed by atoms with Crippen LogP contribution in [0.5, 0.6) is 11.5 Å². The molecule has 1 heterocycles. The highest BCUT2D eigenvalue weighted by molar-refractivity contribution is 5.85. The van der Waals surface area contributed by atoms with Crippen LogP contribution in [0.4, 0.5) is 0 Å². The number of benzene rings is 2. The van der Waals surface area contributed by atoms with Crippen LogP contribution in [-0.4, -0.2) is 37.7 Å². The predicted molar refractivity (Wildman–Crippen MR) is 123 cm³/mol. The van der Waals surface area contributed by atoms with E-state index in [4.69, 9.17) is 9.47 Å². The predicted octanol–water partition coefficient (Wildman–Crippen LogP) is 4.86. The highest BCUT2D eigenvalue weighted by Gasteiger charge is 2.37. The third kappa shape index (κ3) is 6.26. The molecular weight excluding hydrogens is 407 g/mol. The van der Waals surface area contributed by atoms with Crippen molar-refractivity contribution in [3.8, 4) is 11.5 Å². The second-order valence-electron chi connectivity index (χ2n) is 7.48. The lowest BCUT2D eigenvalue weighted by Gasteiger charge is -2.35. The number of rotatable bonds is 8. The van der Waals surface area contributed by atoms with E-state index in [1.54, 1.807) is 0 Å². The van der Waals surface area contributed by atoms with E-state index in [2.05, 4.69) is 40.5 Å². The fourth-order valence-electron chi connectivity index (χ4n) is 3.98. The van der Waals surface area contributed by atoms with Crippen molar-refractivity contribution in [2.24, 2.45) is 5.92 Å². The Morgan fingerprint density at radius 2 is 1.69 bits per heavy atom. The molecule has 1 N–H and O–H groups in total. The third-order valence-corrected chi connectivity index (χ3v) is 5.46. The van der Waals surface area contributed by atoms with Crippen molar-refractivity contribution < 1.29 is 9.47 Å². The zero-order valence-corrected chi connectivity index (χ0v) is 18.6. The lowest BCUT2D eigenvalue weighted by Crippen LogP contribution is -2.45. The monoisotopic (exact) mass is 438 g/mol. The SMILES string of the molecule is CCOc1cc([C@H](C2CC2)N2CCNCC2)ccc1OCc1ccccc1.Cl.Cl. The van der Waals surface area contributed by atoms with Crippen LogP contribution in [0.1, 0.15) is 36.9 Å². The zero-order valence-electron chi connectivity index (χ0n) is 17.0. The van der Waals surface area contributed by atoms with E-state index in [1.807, 2.05) is 25.1 Å². The van der Waals surface area contributed by atoms with Gasteiger partial charge in [-0.25, -0.2) is 0 Å². The number of piperazine rings is 1. The van der Waals surface area contributed by atoms with E-state index in [9.17, 15) is 0 Å².